The van der Waals surface area contributed by atoms with Gasteiger partial charge in [0.2, 0.25) is 5.91 Å². The van der Waals surface area contributed by atoms with E-state index in [1.807, 2.05) is 32.9 Å². The predicted octanol–water partition coefficient (Wildman–Crippen LogP) is 2.56. The highest BCUT2D eigenvalue weighted by Crippen LogP contribution is 2.09. The van der Waals surface area contributed by atoms with Crippen LogP contribution in [0.3, 0.4) is 0 Å². The molecule has 0 heterocycles. The van der Waals surface area contributed by atoms with E-state index >= 15 is 0 Å². The predicted molar refractivity (Wildman–Crippen MR) is 85.8 cm³/mol. The zero-order valence-electron chi connectivity index (χ0n) is 13.1. The smallest absolute Gasteiger partial charge is 0.237 e. The number of sulfone groups is 1. The van der Waals surface area contributed by atoms with Gasteiger partial charge in [0.1, 0.15) is 5.75 Å². The average molecular weight is 311 g/mol. The lowest BCUT2D eigenvalue weighted by Crippen LogP contribution is -2.37. The lowest BCUT2D eigenvalue weighted by atomic mass is 10.2. The van der Waals surface area contributed by atoms with Crippen molar-refractivity contribution >= 4 is 15.7 Å². The summed E-state index contributed by atoms with van der Waals surface area (Å²) in [7, 11) is -3.42. The molecule has 0 aliphatic carbocycles. The van der Waals surface area contributed by atoms with Crippen LogP contribution in [-0.2, 0) is 20.4 Å². The van der Waals surface area contributed by atoms with Crippen LogP contribution in [0.5, 0.6) is 0 Å². The highest BCUT2D eigenvalue weighted by molar-refractivity contribution is 7.91. The molecule has 0 unspecified atom stereocenters. The van der Waals surface area contributed by atoms with Crippen LogP contribution in [0.4, 0.5) is 0 Å². The summed E-state index contributed by atoms with van der Waals surface area (Å²) in [4.78, 5) is 13.8. The molecule has 0 atom stereocenters. The maximum Gasteiger partial charge on any atom is 0.237 e. The Balaban J connectivity index is 2.70. The van der Waals surface area contributed by atoms with Crippen molar-refractivity contribution in [2.75, 3.05) is 18.8 Å². The zero-order valence-corrected chi connectivity index (χ0v) is 13.9. The number of nitrogens with zero attached hydrogens (tertiary/aromatic N) is 1. The minimum absolute atomic E-state index is 0.0783. The minimum Gasteiger partial charge on any atom is -0.342 e. The fourth-order valence-corrected chi connectivity index (χ4v) is 3.53. The van der Waals surface area contributed by atoms with Crippen molar-refractivity contribution < 1.29 is 13.2 Å². The molecule has 0 saturated carbocycles. The molecule has 0 bridgehead atoms. The van der Waals surface area contributed by atoms with Crippen LogP contribution in [0, 0.1) is 6.92 Å². The summed E-state index contributed by atoms with van der Waals surface area (Å²) >= 11 is 0. The van der Waals surface area contributed by atoms with Crippen LogP contribution in [0.25, 0.3) is 0 Å². The maximum atomic E-state index is 12.2. The lowest BCUT2D eigenvalue weighted by molar-refractivity contribution is -0.128. The molecular formula is C16H25NO3S. The quantitative estimate of drug-likeness (QED) is 0.741. The Morgan fingerprint density at radius 2 is 1.57 bits per heavy atom. The third-order valence-electron chi connectivity index (χ3n) is 3.19. The third-order valence-corrected chi connectivity index (χ3v) is 4.65. The summed E-state index contributed by atoms with van der Waals surface area (Å²) in [6, 6.07) is 7.36. The Kier molecular flexibility index (Phi) is 6.89. The molecule has 1 rings (SSSR count). The largest absolute Gasteiger partial charge is 0.342 e. The Labute approximate surface area is 128 Å². The summed E-state index contributed by atoms with van der Waals surface area (Å²) < 4.78 is 24.3. The first-order valence-corrected chi connectivity index (χ1v) is 9.23. The molecule has 0 radical (unpaired) electrons. The molecule has 21 heavy (non-hydrogen) atoms. The summed E-state index contributed by atoms with van der Waals surface area (Å²) in [5.41, 5.74) is 1.82. The van der Waals surface area contributed by atoms with E-state index in [2.05, 4.69) is 0 Å². The van der Waals surface area contributed by atoms with E-state index < -0.39 is 15.6 Å². The first-order valence-electron chi connectivity index (χ1n) is 7.41. The van der Waals surface area contributed by atoms with Gasteiger partial charge in [-0.25, -0.2) is 8.42 Å². The zero-order chi connectivity index (χ0) is 15.9. The monoisotopic (exact) mass is 311 g/mol. The molecule has 0 aromatic heterocycles. The highest BCUT2D eigenvalue weighted by Gasteiger charge is 2.21. The molecule has 0 spiro atoms. The lowest BCUT2D eigenvalue weighted by Gasteiger charge is -2.21. The topological polar surface area (TPSA) is 54.5 Å². The second kappa shape index (κ2) is 8.17. The van der Waals surface area contributed by atoms with Crippen LogP contribution < -0.4 is 0 Å². The molecule has 0 aliphatic heterocycles. The van der Waals surface area contributed by atoms with Crippen molar-refractivity contribution in [3.63, 3.8) is 0 Å². The van der Waals surface area contributed by atoms with Crippen molar-refractivity contribution in [1.29, 1.82) is 0 Å². The van der Waals surface area contributed by atoms with Gasteiger partial charge < -0.3 is 4.90 Å². The first kappa shape index (κ1) is 17.7. The van der Waals surface area contributed by atoms with Gasteiger partial charge in [0.05, 0.1) is 5.75 Å². The maximum absolute atomic E-state index is 12.2. The van der Waals surface area contributed by atoms with Gasteiger partial charge in [-0.2, -0.15) is 0 Å². The van der Waals surface area contributed by atoms with Crippen LogP contribution >= 0.6 is 0 Å². The van der Waals surface area contributed by atoms with E-state index in [9.17, 15) is 13.2 Å². The van der Waals surface area contributed by atoms with Crippen LogP contribution in [0.15, 0.2) is 24.3 Å². The third kappa shape index (κ3) is 6.29. The molecule has 0 N–H and O–H groups in total. The Bertz CT molecular complexity index is 543. The fourth-order valence-electron chi connectivity index (χ4n) is 2.17. The number of carbonyl (C=O) groups is 1. The summed E-state index contributed by atoms with van der Waals surface area (Å²) in [5.74, 6) is -0.766. The van der Waals surface area contributed by atoms with E-state index in [0.29, 0.717) is 13.1 Å². The number of benzene rings is 1. The number of hydrogen-bond donors (Lipinski definition) is 0. The van der Waals surface area contributed by atoms with E-state index in [0.717, 1.165) is 24.0 Å². The van der Waals surface area contributed by atoms with Crippen molar-refractivity contribution in [1.82, 2.24) is 4.90 Å². The van der Waals surface area contributed by atoms with Crippen LogP contribution in [0.2, 0.25) is 0 Å². The second-order valence-corrected chi connectivity index (χ2v) is 7.46. The van der Waals surface area contributed by atoms with Gasteiger partial charge in [-0.3, -0.25) is 4.79 Å². The number of hydrogen-bond acceptors (Lipinski definition) is 3. The number of amides is 1. The average Bonchev–Trinajstić information content (AvgIpc) is 2.40. The molecular weight excluding hydrogens is 286 g/mol. The standard InChI is InChI=1S/C16H25NO3S/c1-4-10-17(11-5-2)16(18)13-21(19,20)12-15-8-6-14(3)7-9-15/h6-9H,4-5,10-13H2,1-3H3. The van der Waals surface area contributed by atoms with Gasteiger partial charge in [-0.05, 0) is 25.3 Å². The first-order chi connectivity index (χ1) is 9.88. The summed E-state index contributed by atoms with van der Waals surface area (Å²) in [5, 5.41) is 0. The van der Waals surface area contributed by atoms with Crippen molar-refractivity contribution in [2.45, 2.75) is 39.4 Å². The molecule has 118 valence electrons. The van der Waals surface area contributed by atoms with E-state index in [-0.39, 0.29) is 11.7 Å². The minimum atomic E-state index is -3.42. The van der Waals surface area contributed by atoms with Crippen LogP contribution in [-0.4, -0.2) is 38.1 Å². The molecule has 4 nitrogen and oxygen atoms in total. The van der Waals surface area contributed by atoms with Gasteiger partial charge >= 0.3 is 0 Å². The molecule has 1 aromatic carbocycles. The Hall–Kier alpha value is -1.36. The molecule has 0 fully saturated rings. The Morgan fingerprint density at radius 3 is 2.05 bits per heavy atom. The van der Waals surface area contributed by atoms with E-state index in [1.54, 1.807) is 17.0 Å². The normalized spacial score (nSPS) is 11.4. The second-order valence-electron chi connectivity index (χ2n) is 5.40. The molecule has 1 amide bonds. The van der Waals surface area contributed by atoms with Gasteiger partial charge in [-0.1, -0.05) is 43.7 Å². The molecule has 5 heteroatoms. The highest BCUT2D eigenvalue weighted by atomic mass is 32.2. The van der Waals surface area contributed by atoms with Gasteiger partial charge in [0, 0.05) is 13.1 Å². The van der Waals surface area contributed by atoms with Gasteiger partial charge in [0.25, 0.3) is 0 Å². The van der Waals surface area contributed by atoms with Gasteiger partial charge in [0.15, 0.2) is 9.84 Å². The van der Waals surface area contributed by atoms with Crippen LogP contribution in [0.1, 0.15) is 37.8 Å². The molecule has 0 saturated heterocycles. The van der Waals surface area contributed by atoms with Crippen molar-refractivity contribution in [2.24, 2.45) is 0 Å². The fraction of sp³-hybridized carbons (Fsp3) is 0.562. The van der Waals surface area contributed by atoms with Crippen molar-refractivity contribution in [3.05, 3.63) is 35.4 Å². The number of rotatable bonds is 8. The van der Waals surface area contributed by atoms with E-state index in [1.165, 1.54) is 0 Å². The summed E-state index contributed by atoms with van der Waals surface area (Å²) in [6.07, 6.45) is 1.67. The Morgan fingerprint density at radius 1 is 1.05 bits per heavy atom. The number of carbonyl (C=O) groups excluding carboxylic acids is 1. The van der Waals surface area contributed by atoms with E-state index in [4.69, 9.17) is 0 Å². The van der Waals surface area contributed by atoms with Gasteiger partial charge in [-0.15, -0.1) is 0 Å². The number of aryl methyl sites for hydroxylation is 1. The molecule has 1 aromatic rings. The van der Waals surface area contributed by atoms with Crippen molar-refractivity contribution in [3.8, 4) is 0 Å². The SMILES string of the molecule is CCCN(CCC)C(=O)CS(=O)(=O)Cc1ccc(C)cc1. The summed E-state index contributed by atoms with van der Waals surface area (Å²) in [6.45, 7) is 7.15. The molecule has 0 aliphatic rings.